The molecule has 0 aliphatic carbocycles. The second-order valence-electron chi connectivity index (χ2n) is 11.2. The Morgan fingerprint density at radius 3 is 2.27 bits per heavy atom. The van der Waals surface area contributed by atoms with E-state index in [9.17, 15) is 14.4 Å². The molecule has 7 nitrogen and oxygen atoms in total. The van der Waals surface area contributed by atoms with Crippen molar-refractivity contribution < 1.29 is 23.9 Å². The van der Waals surface area contributed by atoms with Crippen molar-refractivity contribution >= 4 is 29.2 Å². The van der Waals surface area contributed by atoms with E-state index >= 15 is 0 Å². The maximum absolute atomic E-state index is 14.9. The van der Waals surface area contributed by atoms with Crippen molar-refractivity contribution in [3.05, 3.63) is 144 Å². The zero-order valence-electron chi connectivity index (χ0n) is 24.1. The zero-order chi connectivity index (χ0) is 30.4. The molecule has 1 saturated heterocycles. The number of benzene rings is 4. The Hall–Kier alpha value is -5.43. The van der Waals surface area contributed by atoms with Crippen LogP contribution in [0, 0.1) is 5.92 Å². The molecule has 4 atom stereocenters. The molecule has 0 saturated carbocycles. The van der Waals surface area contributed by atoms with Gasteiger partial charge in [0.25, 0.3) is 0 Å². The first kappa shape index (κ1) is 27.4. The minimum absolute atomic E-state index is 0.250. The molecule has 4 aromatic carbocycles. The van der Waals surface area contributed by atoms with Gasteiger partial charge in [-0.15, -0.1) is 0 Å². The fraction of sp³-hybridized carbons (Fsp3) is 0.162. The van der Waals surface area contributed by atoms with Crippen LogP contribution in [0.5, 0.6) is 11.5 Å². The van der Waals surface area contributed by atoms with Crippen molar-refractivity contribution in [2.45, 2.75) is 17.5 Å². The summed E-state index contributed by atoms with van der Waals surface area (Å²) in [5.74, 6) is -0.690. The van der Waals surface area contributed by atoms with Gasteiger partial charge in [0.1, 0.15) is 29.6 Å². The third-order valence-electron chi connectivity index (χ3n) is 9.00. The van der Waals surface area contributed by atoms with E-state index < -0.39 is 23.4 Å². The Morgan fingerprint density at radius 2 is 1.55 bits per heavy atom. The average Bonchev–Trinajstić information content (AvgIpc) is 3.55. The molecule has 1 N–H and O–H groups in total. The summed E-state index contributed by atoms with van der Waals surface area (Å²) >= 11 is 0. The number of nitrogens with zero attached hydrogens (tertiary/aromatic N) is 1. The number of carbonyl (C=O) groups excluding carboxylic acids is 3. The van der Waals surface area contributed by atoms with Gasteiger partial charge < -0.3 is 19.7 Å². The van der Waals surface area contributed by atoms with Crippen molar-refractivity contribution in [3.8, 4) is 11.5 Å². The lowest BCUT2D eigenvalue weighted by molar-refractivity contribution is -0.122. The smallest absolute Gasteiger partial charge is 0.238 e. The van der Waals surface area contributed by atoms with Crippen molar-refractivity contribution in [1.29, 1.82) is 0 Å². The summed E-state index contributed by atoms with van der Waals surface area (Å²) < 4.78 is 11.0. The van der Waals surface area contributed by atoms with Crippen molar-refractivity contribution in [1.82, 2.24) is 4.90 Å². The summed E-state index contributed by atoms with van der Waals surface area (Å²) in [6, 6.07) is 27.5. The number of para-hydroxylation sites is 1. The molecule has 3 aliphatic rings. The molecule has 218 valence electrons. The highest BCUT2D eigenvalue weighted by Gasteiger charge is 2.70. The van der Waals surface area contributed by atoms with Crippen LogP contribution in [0.4, 0.5) is 5.69 Å². The third kappa shape index (κ3) is 4.00. The monoisotopic (exact) mass is 582 g/mol. The lowest BCUT2D eigenvalue weighted by atomic mass is 9.62. The predicted octanol–water partition coefficient (Wildman–Crippen LogP) is 6.24. The van der Waals surface area contributed by atoms with E-state index in [0.717, 1.165) is 11.1 Å². The number of anilines is 1. The number of hydrogen-bond acceptors (Lipinski definition) is 6. The Labute approximate surface area is 255 Å². The number of rotatable bonds is 8. The molecule has 1 spiro atoms. The van der Waals surface area contributed by atoms with Crippen LogP contribution >= 0.6 is 0 Å². The van der Waals surface area contributed by atoms with E-state index in [0.29, 0.717) is 40.5 Å². The first-order valence-electron chi connectivity index (χ1n) is 14.5. The highest BCUT2D eigenvalue weighted by atomic mass is 16.5. The van der Waals surface area contributed by atoms with E-state index in [-0.39, 0.29) is 17.5 Å². The van der Waals surface area contributed by atoms with Gasteiger partial charge in [-0.2, -0.15) is 0 Å². The van der Waals surface area contributed by atoms with Crippen molar-refractivity contribution in [2.75, 3.05) is 19.0 Å². The molecule has 7 heteroatoms. The number of ether oxygens (including phenoxy) is 2. The molecule has 0 unspecified atom stereocenters. The van der Waals surface area contributed by atoms with Gasteiger partial charge in [0.15, 0.2) is 11.6 Å². The quantitative estimate of drug-likeness (QED) is 0.196. The van der Waals surface area contributed by atoms with Crippen LogP contribution in [-0.2, 0) is 10.2 Å². The molecular formula is C37H30N2O5. The molecule has 3 aliphatic heterocycles. The van der Waals surface area contributed by atoms with E-state index in [2.05, 4.69) is 11.9 Å². The van der Waals surface area contributed by atoms with E-state index in [4.69, 9.17) is 9.47 Å². The van der Waals surface area contributed by atoms with E-state index in [1.54, 1.807) is 61.7 Å². The Balaban J connectivity index is 1.46. The van der Waals surface area contributed by atoms with Crippen LogP contribution in [0.15, 0.2) is 116 Å². The largest absolute Gasteiger partial charge is 0.497 e. The Kier molecular flexibility index (Phi) is 6.66. The number of amides is 1. The highest BCUT2D eigenvalue weighted by molar-refractivity contribution is 6.16. The minimum Gasteiger partial charge on any atom is -0.497 e. The first-order valence-corrected chi connectivity index (χ1v) is 14.5. The van der Waals surface area contributed by atoms with Crippen LogP contribution in [0.25, 0.3) is 6.08 Å². The van der Waals surface area contributed by atoms with Gasteiger partial charge in [-0.05, 0) is 77.4 Å². The number of Topliss-reactive ketones (excluding diaryl/α,β-unsaturated/α-hetero) is 2. The SMILES string of the molecule is C=CCOc1ccc(C(=O)[C@@H]2[C@@H](C(=O)c3ccc(OC)cc3)N3C=Cc4ccccc4[C@@H]3[C@]23C(=O)Nc2ccccc23)cc1. The summed E-state index contributed by atoms with van der Waals surface area (Å²) in [4.78, 5) is 46.1. The van der Waals surface area contributed by atoms with Crippen LogP contribution in [0.3, 0.4) is 0 Å². The maximum atomic E-state index is 14.9. The third-order valence-corrected chi connectivity index (χ3v) is 9.00. The van der Waals surface area contributed by atoms with Crippen LogP contribution in [0.2, 0.25) is 0 Å². The second kappa shape index (κ2) is 10.7. The number of hydrogen-bond donors (Lipinski definition) is 1. The number of nitrogens with one attached hydrogen (secondary N) is 1. The molecule has 0 bridgehead atoms. The second-order valence-corrected chi connectivity index (χ2v) is 11.2. The average molecular weight is 583 g/mol. The van der Waals surface area contributed by atoms with Gasteiger partial charge in [0.2, 0.25) is 5.91 Å². The van der Waals surface area contributed by atoms with Crippen LogP contribution in [0.1, 0.15) is 43.4 Å². The molecule has 3 heterocycles. The molecule has 0 aromatic heterocycles. The predicted molar refractivity (Wildman–Crippen MR) is 168 cm³/mol. The summed E-state index contributed by atoms with van der Waals surface area (Å²) in [6.07, 6.45) is 5.47. The maximum Gasteiger partial charge on any atom is 0.238 e. The van der Waals surface area contributed by atoms with Gasteiger partial charge >= 0.3 is 0 Å². The summed E-state index contributed by atoms with van der Waals surface area (Å²) in [5.41, 5.74) is 2.61. The summed E-state index contributed by atoms with van der Waals surface area (Å²) in [7, 11) is 1.57. The molecular weight excluding hydrogens is 552 g/mol. The molecule has 1 fully saturated rings. The lowest BCUT2D eigenvalue weighted by Gasteiger charge is -2.38. The zero-order valence-corrected chi connectivity index (χ0v) is 24.1. The van der Waals surface area contributed by atoms with Crippen LogP contribution < -0.4 is 14.8 Å². The molecule has 1 amide bonds. The van der Waals surface area contributed by atoms with Crippen LogP contribution in [-0.4, -0.2) is 42.1 Å². The Bertz CT molecular complexity index is 1830. The standard InChI is InChI=1S/C37H30N2O5/c1-3-22-44-27-18-14-24(15-19-27)33(40)31-32(34(41)25-12-16-26(43-2)17-13-25)39-21-20-23-8-4-5-9-28(23)35(39)37(31)29-10-6-7-11-30(29)38-36(37)42/h3-21,31-32,35H,1,22H2,2H3,(H,38,42)/t31-,32-,35+,37+/m0/s1. The van der Waals surface area contributed by atoms with E-state index in [1.807, 2.05) is 65.7 Å². The number of carbonyl (C=O) groups is 3. The number of ketones is 2. The molecule has 0 radical (unpaired) electrons. The van der Waals surface area contributed by atoms with Gasteiger partial charge in [0.05, 0.1) is 19.1 Å². The van der Waals surface area contributed by atoms with Crippen molar-refractivity contribution in [2.24, 2.45) is 5.92 Å². The molecule has 44 heavy (non-hydrogen) atoms. The number of fused-ring (bicyclic) bond motifs is 6. The molecule has 7 rings (SSSR count). The number of methoxy groups -OCH3 is 1. The normalized spacial score (nSPS) is 22.5. The Morgan fingerprint density at radius 1 is 0.886 bits per heavy atom. The summed E-state index contributed by atoms with van der Waals surface area (Å²) in [5, 5.41) is 3.08. The topological polar surface area (TPSA) is 84.9 Å². The van der Waals surface area contributed by atoms with Gasteiger partial charge in [-0.25, -0.2) is 0 Å². The van der Waals surface area contributed by atoms with Gasteiger partial charge in [-0.3, -0.25) is 14.4 Å². The summed E-state index contributed by atoms with van der Waals surface area (Å²) in [6.45, 7) is 4.02. The fourth-order valence-electron chi connectivity index (χ4n) is 7.14. The van der Waals surface area contributed by atoms with E-state index in [1.165, 1.54) is 0 Å². The van der Waals surface area contributed by atoms with Crippen molar-refractivity contribution in [3.63, 3.8) is 0 Å². The van der Waals surface area contributed by atoms with Gasteiger partial charge in [-0.1, -0.05) is 55.1 Å². The van der Waals surface area contributed by atoms with Gasteiger partial charge in [0, 0.05) is 23.0 Å². The fourth-order valence-corrected chi connectivity index (χ4v) is 7.14. The highest BCUT2D eigenvalue weighted by Crippen LogP contribution is 2.62. The molecule has 4 aromatic rings. The minimum atomic E-state index is -1.39. The lowest BCUT2D eigenvalue weighted by Crippen LogP contribution is -2.49. The first-order chi connectivity index (χ1) is 21.5.